The van der Waals surface area contributed by atoms with Gasteiger partial charge in [-0.15, -0.1) is 0 Å². The number of rotatable bonds is 4. The van der Waals surface area contributed by atoms with Crippen LogP contribution in [0.5, 0.6) is 0 Å². The smallest absolute Gasteiger partial charge is 0.0974 e. The number of aromatic nitrogens is 1. The van der Waals surface area contributed by atoms with Gasteiger partial charge in [0.15, 0.2) is 0 Å². The summed E-state index contributed by atoms with van der Waals surface area (Å²) in [7, 11) is 0. The molecule has 3 nitrogen and oxygen atoms in total. The number of benzene rings is 1. The lowest BCUT2D eigenvalue weighted by Gasteiger charge is -2.17. The van der Waals surface area contributed by atoms with E-state index in [0.717, 1.165) is 31.0 Å². The van der Waals surface area contributed by atoms with Crippen LogP contribution in [-0.4, -0.2) is 23.9 Å². The van der Waals surface area contributed by atoms with Crippen molar-refractivity contribution in [1.29, 1.82) is 0 Å². The van der Waals surface area contributed by atoms with Crippen LogP contribution in [0.4, 0.5) is 0 Å². The molecule has 1 atom stereocenters. The maximum Gasteiger partial charge on any atom is 0.0974 e. The predicted molar refractivity (Wildman–Crippen MR) is 77.4 cm³/mol. The first-order valence-electron chi connectivity index (χ1n) is 6.66. The predicted octanol–water partition coefficient (Wildman–Crippen LogP) is 2.61. The molecule has 96 valence electrons. The van der Waals surface area contributed by atoms with Gasteiger partial charge in [-0.1, -0.05) is 36.4 Å². The van der Waals surface area contributed by atoms with Gasteiger partial charge in [0.25, 0.3) is 0 Å². The molecule has 0 aliphatic carbocycles. The topological polar surface area (TPSA) is 37.3 Å². The molecule has 0 unspecified atom stereocenters. The van der Waals surface area contributed by atoms with E-state index < -0.39 is 0 Å². The minimum absolute atomic E-state index is 0.270. The highest BCUT2D eigenvalue weighted by molar-refractivity contribution is 5.84. The van der Waals surface area contributed by atoms with Crippen molar-refractivity contribution in [3.05, 3.63) is 66.0 Å². The Balaban J connectivity index is 1.91. The third-order valence-electron chi connectivity index (χ3n) is 3.39. The number of nitrogens with zero attached hydrogens (tertiary/aromatic N) is 2. The van der Waals surface area contributed by atoms with E-state index in [4.69, 9.17) is 0 Å². The van der Waals surface area contributed by atoms with Crippen molar-refractivity contribution < 1.29 is 0 Å². The minimum Gasteiger partial charge on any atom is -0.372 e. The molecule has 2 aromatic rings. The van der Waals surface area contributed by atoms with Crippen LogP contribution in [0.15, 0.2) is 59.7 Å². The first kappa shape index (κ1) is 11.9. The van der Waals surface area contributed by atoms with Gasteiger partial charge >= 0.3 is 0 Å². The summed E-state index contributed by atoms with van der Waals surface area (Å²) in [5, 5.41) is 3.35. The van der Waals surface area contributed by atoms with Crippen LogP contribution in [0.1, 0.15) is 23.6 Å². The number of hydrogen-bond acceptors (Lipinski definition) is 3. The summed E-state index contributed by atoms with van der Waals surface area (Å²) in [6, 6.07) is 16.6. The van der Waals surface area contributed by atoms with E-state index in [1.807, 2.05) is 24.4 Å². The van der Waals surface area contributed by atoms with Crippen molar-refractivity contribution >= 4 is 5.84 Å². The van der Waals surface area contributed by atoms with Gasteiger partial charge in [-0.2, -0.15) is 0 Å². The van der Waals surface area contributed by atoms with Crippen LogP contribution in [-0.2, 0) is 0 Å². The second kappa shape index (κ2) is 5.65. The number of hydrogen-bond donors (Lipinski definition) is 1. The monoisotopic (exact) mass is 251 g/mol. The third kappa shape index (κ3) is 2.81. The first-order valence-corrected chi connectivity index (χ1v) is 6.66. The van der Waals surface area contributed by atoms with Crippen LogP contribution in [0.25, 0.3) is 0 Å². The quantitative estimate of drug-likeness (QED) is 0.907. The molecule has 0 saturated heterocycles. The SMILES string of the molecule is c1ccc([C@H](CC2=NCCN2)c2ccccn2)cc1. The normalized spacial score (nSPS) is 15.7. The molecule has 0 radical (unpaired) electrons. The van der Waals surface area contributed by atoms with Gasteiger partial charge in [-0.3, -0.25) is 9.98 Å². The molecule has 0 amide bonds. The number of nitrogens with one attached hydrogen (secondary N) is 1. The summed E-state index contributed by atoms with van der Waals surface area (Å²) in [5.41, 5.74) is 2.39. The second-order valence-corrected chi connectivity index (χ2v) is 4.68. The molecule has 0 bridgehead atoms. The van der Waals surface area contributed by atoms with E-state index >= 15 is 0 Å². The average Bonchev–Trinajstić information content (AvgIpc) is 3.00. The van der Waals surface area contributed by atoms with E-state index in [9.17, 15) is 0 Å². The van der Waals surface area contributed by atoms with E-state index in [2.05, 4.69) is 45.6 Å². The molecule has 1 aliphatic heterocycles. The fourth-order valence-electron chi connectivity index (χ4n) is 2.44. The molecule has 19 heavy (non-hydrogen) atoms. The molecule has 0 spiro atoms. The van der Waals surface area contributed by atoms with Gasteiger partial charge in [-0.05, 0) is 17.7 Å². The lowest BCUT2D eigenvalue weighted by Crippen LogP contribution is -2.21. The molecular formula is C16H17N3. The molecule has 0 saturated carbocycles. The van der Waals surface area contributed by atoms with Gasteiger partial charge in [-0.25, -0.2) is 0 Å². The molecule has 1 aliphatic rings. The zero-order valence-corrected chi connectivity index (χ0v) is 10.8. The second-order valence-electron chi connectivity index (χ2n) is 4.68. The van der Waals surface area contributed by atoms with Crippen LogP contribution in [0.2, 0.25) is 0 Å². The maximum atomic E-state index is 4.51. The van der Waals surface area contributed by atoms with E-state index in [0.29, 0.717) is 0 Å². The van der Waals surface area contributed by atoms with Crippen molar-refractivity contribution in [3.63, 3.8) is 0 Å². The Bertz CT molecular complexity index is 509. The number of amidine groups is 1. The van der Waals surface area contributed by atoms with Gasteiger partial charge in [0.1, 0.15) is 0 Å². The van der Waals surface area contributed by atoms with Crippen LogP contribution in [0, 0.1) is 0 Å². The Kier molecular flexibility index (Phi) is 3.54. The van der Waals surface area contributed by atoms with Crippen molar-refractivity contribution in [3.8, 4) is 0 Å². The minimum atomic E-state index is 0.270. The lowest BCUT2D eigenvalue weighted by molar-refractivity contribution is 0.801. The van der Waals surface area contributed by atoms with Crippen LogP contribution in [0.3, 0.4) is 0 Å². The van der Waals surface area contributed by atoms with Crippen LogP contribution < -0.4 is 5.32 Å². The molecule has 1 aromatic carbocycles. The number of aliphatic imine (C=N–C) groups is 1. The van der Waals surface area contributed by atoms with Gasteiger partial charge < -0.3 is 5.32 Å². The molecule has 1 aromatic heterocycles. The van der Waals surface area contributed by atoms with E-state index in [-0.39, 0.29) is 5.92 Å². The highest BCUT2D eigenvalue weighted by atomic mass is 15.1. The molecule has 3 rings (SSSR count). The molecule has 1 N–H and O–H groups in total. The zero-order chi connectivity index (χ0) is 12.9. The fourth-order valence-corrected chi connectivity index (χ4v) is 2.44. The summed E-state index contributed by atoms with van der Waals surface area (Å²) in [5.74, 6) is 1.37. The summed E-state index contributed by atoms with van der Waals surface area (Å²) in [4.78, 5) is 9.02. The first-order chi connectivity index (χ1) is 9.43. The van der Waals surface area contributed by atoms with Crippen molar-refractivity contribution in [2.45, 2.75) is 12.3 Å². The van der Waals surface area contributed by atoms with E-state index in [1.165, 1.54) is 5.56 Å². The largest absolute Gasteiger partial charge is 0.372 e. The Labute approximate surface area is 113 Å². The third-order valence-corrected chi connectivity index (χ3v) is 3.39. The fraction of sp³-hybridized carbons (Fsp3) is 0.250. The summed E-state index contributed by atoms with van der Waals surface area (Å²) in [6.45, 7) is 1.85. The Hall–Kier alpha value is -2.16. The molecule has 3 heteroatoms. The van der Waals surface area contributed by atoms with Gasteiger partial charge in [0.05, 0.1) is 12.4 Å². The summed E-state index contributed by atoms with van der Waals surface area (Å²) in [6.07, 6.45) is 2.75. The Morgan fingerprint density at radius 3 is 2.58 bits per heavy atom. The number of pyridine rings is 1. The standard InChI is InChI=1S/C16H17N3/c1-2-6-13(7-3-1)14(12-16-18-10-11-19-16)15-8-4-5-9-17-15/h1-9,14H,10-12H2,(H,18,19)/t14-/m0/s1. The highest BCUT2D eigenvalue weighted by Crippen LogP contribution is 2.26. The Morgan fingerprint density at radius 2 is 1.89 bits per heavy atom. The summed E-state index contributed by atoms with van der Waals surface area (Å²) < 4.78 is 0. The van der Waals surface area contributed by atoms with Crippen LogP contribution >= 0.6 is 0 Å². The van der Waals surface area contributed by atoms with Gasteiger partial charge in [0, 0.05) is 30.8 Å². The zero-order valence-electron chi connectivity index (χ0n) is 10.8. The maximum absolute atomic E-state index is 4.51. The average molecular weight is 251 g/mol. The van der Waals surface area contributed by atoms with Crippen molar-refractivity contribution in [2.75, 3.05) is 13.1 Å². The van der Waals surface area contributed by atoms with Crippen molar-refractivity contribution in [2.24, 2.45) is 4.99 Å². The molecular weight excluding hydrogens is 234 g/mol. The Morgan fingerprint density at radius 1 is 1.05 bits per heavy atom. The molecule has 2 heterocycles. The van der Waals surface area contributed by atoms with Crippen molar-refractivity contribution in [1.82, 2.24) is 10.3 Å². The highest BCUT2D eigenvalue weighted by Gasteiger charge is 2.19. The van der Waals surface area contributed by atoms with Gasteiger partial charge in [0.2, 0.25) is 0 Å². The lowest BCUT2D eigenvalue weighted by atomic mass is 9.91. The molecule has 0 fully saturated rings. The van der Waals surface area contributed by atoms with E-state index in [1.54, 1.807) is 0 Å². The summed E-state index contributed by atoms with van der Waals surface area (Å²) >= 11 is 0.